The molecular formula is C88H108Br5N2O27P. The first-order chi connectivity index (χ1) is 59.5. The molecule has 29 nitrogen and oxygen atoms in total. The van der Waals surface area contributed by atoms with Crippen LogP contribution in [0.5, 0.6) is 144 Å². The summed E-state index contributed by atoms with van der Waals surface area (Å²) in [5, 5.41) is 24.6. The third kappa shape index (κ3) is 21.6. The van der Waals surface area contributed by atoms with Crippen molar-refractivity contribution < 1.29 is 129 Å². The Morgan fingerprint density at radius 2 is 0.472 bits per heavy atom. The topological polar surface area (TPSA) is 286 Å². The van der Waals surface area contributed by atoms with E-state index < -0.39 is 0 Å². The van der Waals surface area contributed by atoms with E-state index >= 15 is 0 Å². The molecule has 0 saturated heterocycles. The number of benzene rings is 9. The SMILES string of the molecule is BrP(Br)Br.COc1cc(CBr)c(-c2c(CBr)cc(OC)c(OC)c2OC)c(OC)c1OC.COc1cc(CO)c(-c2c(CO)cc(OC)c(OC)c2OC)c(OC)c1OC.COc1cc2c(c(OC)c1OC)-c1c(cc(OC)c(OC)c1OC)CNC2.COc1ccc(CN2Cc3cc(OC)c(OC)c(OC)c3-c3c(cc(OC)c(OC)c3OC)C2)cc1. The Labute approximate surface area is 761 Å². The molecule has 0 radical (unpaired) electrons. The van der Waals surface area contributed by atoms with Crippen LogP contribution in [0.4, 0.5) is 0 Å². The highest BCUT2D eigenvalue weighted by Crippen LogP contribution is 2.61. The minimum atomic E-state index is -0.311. The molecule has 0 aliphatic carbocycles. The maximum atomic E-state index is 10.0. The maximum absolute atomic E-state index is 10.0. The summed E-state index contributed by atoms with van der Waals surface area (Å²) in [5.74, 6) is 13.1. The number of halogens is 5. The fourth-order valence-corrected chi connectivity index (χ4v) is 15.7. The second-order valence-corrected chi connectivity index (χ2v) is 42.3. The van der Waals surface area contributed by atoms with Crippen molar-refractivity contribution in [1.29, 1.82) is 0 Å². The number of alkyl halides is 2. The predicted molar refractivity (Wildman–Crippen MR) is 492 cm³/mol. The zero-order valence-corrected chi connectivity index (χ0v) is 82.5. The van der Waals surface area contributed by atoms with E-state index in [9.17, 15) is 10.2 Å². The summed E-state index contributed by atoms with van der Waals surface area (Å²) < 4.78 is 140. The van der Waals surface area contributed by atoms with E-state index in [0.717, 1.165) is 79.1 Å². The number of fused-ring (bicyclic) bond motifs is 6. The molecule has 0 amide bonds. The minimum Gasteiger partial charge on any atom is -0.497 e. The van der Waals surface area contributed by atoms with Crippen molar-refractivity contribution in [3.8, 4) is 188 Å². The standard InChI is InChI=1S/C28H33NO7.C20H24Br2O6.C20H25NO6.C20H26O8.Br3P/c1-30-20-10-8-17(9-11-20)14-29-15-18-12-21(31-2)25(33-4)27(35-6)23(18)24-19(16-29)13-22(32-3)26(34-5)28(24)36-7;1-23-13-7-11(9-21)15(19(27-5)17(13)25-3)16-12(10-22)8-14(24-2)18(26-4)20(16)28-6;1-22-13-7-11-9-21-10-12-8-14(23-2)18(25-4)20(27-6)16(12)15(11)19(26-5)17(13)24-3;1-23-13-7-11(9-21)15(19(27-5)17(13)25-3)16-12(10-22)8-14(24-2)18(26-4)20(16)28-6;1-4(2)3/h8-13H,14-16H2,1-7H3;7-8H,9-10H2,1-6H3;7-8,21H,9-10H2,1-6H3;7-8,21-22H,9-10H2,1-6H3;. The highest BCUT2D eigenvalue weighted by Gasteiger charge is 2.37. The number of aliphatic hydroxyl groups excluding tert-OH is 2. The van der Waals surface area contributed by atoms with Crippen LogP contribution in [0.3, 0.4) is 0 Å². The Morgan fingerprint density at radius 1 is 0.268 bits per heavy atom. The largest absolute Gasteiger partial charge is 0.497 e. The Balaban J connectivity index is 0.000000224. The van der Waals surface area contributed by atoms with E-state index in [-0.39, 0.29) is 17.2 Å². The zero-order valence-electron chi connectivity index (χ0n) is 73.7. The molecule has 0 fully saturated rings. The van der Waals surface area contributed by atoms with Gasteiger partial charge in [-0.25, -0.2) is 0 Å². The molecule has 9 aromatic carbocycles. The number of ether oxygens (including phenoxy) is 25. The van der Waals surface area contributed by atoms with Crippen molar-refractivity contribution >= 4 is 82.4 Å². The molecule has 0 spiro atoms. The quantitative estimate of drug-likeness (QED) is 0.0254. The summed E-state index contributed by atoms with van der Waals surface area (Å²) in [4.78, 5) is 2.35. The van der Waals surface area contributed by atoms with Gasteiger partial charge < -0.3 is 134 Å². The normalized spacial score (nSPS) is 11.5. The number of rotatable bonds is 33. The van der Waals surface area contributed by atoms with Crippen LogP contribution in [0.1, 0.15) is 50.1 Å². The molecule has 0 saturated carbocycles. The van der Waals surface area contributed by atoms with Crippen molar-refractivity contribution in [3.63, 3.8) is 0 Å². The molecule has 11 rings (SSSR count). The number of hydrogen-bond acceptors (Lipinski definition) is 29. The number of nitrogens with one attached hydrogen (secondary N) is 1. The van der Waals surface area contributed by atoms with E-state index in [0.29, 0.717) is 197 Å². The molecule has 672 valence electrons. The van der Waals surface area contributed by atoms with Gasteiger partial charge in [-0.3, -0.25) is 4.90 Å². The fraction of sp³-hybridized carbons (Fsp3) is 0.386. The van der Waals surface area contributed by atoms with Gasteiger partial charge in [-0.2, -0.15) is 0 Å². The molecule has 0 unspecified atom stereocenters. The van der Waals surface area contributed by atoms with Gasteiger partial charge in [-0.05, 0) is 157 Å². The molecule has 2 aliphatic rings. The van der Waals surface area contributed by atoms with E-state index in [1.54, 1.807) is 147 Å². The molecule has 3 N–H and O–H groups in total. The molecule has 35 heteroatoms. The van der Waals surface area contributed by atoms with Crippen molar-refractivity contribution in [2.45, 2.75) is 56.6 Å². The Morgan fingerprint density at radius 3 is 0.683 bits per heavy atom. The highest BCUT2D eigenvalue weighted by atomic mass is 80.0. The lowest BCUT2D eigenvalue weighted by Crippen LogP contribution is -2.21. The van der Waals surface area contributed by atoms with Crippen molar-refractivity contribution in [3.05, 3.63) is 123 Å². The molecule has 2 aliphatic heterocycles. The van der Waals surface area contributed by atoms with Crippen molar-refractivity contribution in [2.24, 2.45) is 0 Å². The average molecular weight is 2060 g/mol. The molecule has 123 heavy (non-hydrogen) atoms. The molecule has 0 atom stereocenters. The predicted octanol–water partition coefficient (Wildman–Crippen LogP) is 18.9. The molecule has 2 heterocycles. The monoisotopic (exact) mass is 2050 g/mol. The first-order valence-corrected chi connectivity index (χ1v) is 46.9. The minimum absolute atomic E-state index is 0.183. The van der Waals surface area contributed by atoms with E-state index in [1.165, 1.54) is 48.2 Å². The van der Waals surface area contributed by atoms with Crippen LogP contribution in [0.15, 0.2) is 72.8 Å². The summed E-state index contributed by atoms with van der Waals surface area (Å²) in [5.41, 5.74) is 14.2. The highest BCUT2D eigenvalue weighted by molar-refractivity contribution is 9.93. The average Bonchev–Trinajstić information content (AvgIpc) is 1.73. The van der Waals surface area contributed by atoms with Gasteiger partial charge in [0.05, 0.1) is 191 Å². The van der Waals surface area contributed by atoms with Crippen molar-refractivity contribution in [1.82, 2.24) is 10.2 Å². The first-order valence-electron chi connectivity index (χ1n) is 37.3. The van der Waals surface area contributed by atoms with Gasteiger partial charge >= 0.3 is 0 Å². The third-order valence-electron chi connectivity index (χ3n) is 19.9. The second kappa shape index (κ2) is 48.8. The molecule has 0 bridgehead atoms. The van der Waals surface area contributed by atoms with E-state index in [4.69, 9.17) is 118 Å². The maximum Gasteiger partial charge on any atom is 0.203 e. The second-order valence-electron chi connectivity index (χ2n) is 25.8. The lowest BCUT2D eigenvalue weighted by molar-refractivity contribution is 0.248. The lowest BCUT2D eigenvalue weighted by atomic mass is 9.92. The van der Waals surface area contributed by atoms with Gasteiger partial charge in [0.25, 0.3) is 0 Å². The van der Waals surface area contributed by atoms with Crippen LogP contribution < -0.4 is 124 Å². The Hall–Kier alpha value is -9.35. The van der Waals surface area contributed by atoms with Gasteiger partial charge in [-0.15, -0.1) is 0 Å². The smallest absolute Gasteiger partial charge is 0.203 e. The molecular weight excluding hydrogens is 1950 g/mol. The zero-order chi connectivity index (χ0) is 90.6. The van der Waals surface area contributed by atoms with Crippen LogP contribution in [0.2, 0.25) is 0 Å². The van der Waals surface area contributed by atoms with Crippen LogP contribution >= 0.6 is 82.4 Å². The van der Waals surface area contributed by atoms with Crippen LogP contribution in [0, 0.1) is 0 Å². The summed E-state index contributed by atoms with van der Waals surface area (Å²) in [6.45, 7) is 2.64. The third-order valence-corrected chi connectivity index (χ3v) is 21.1. The fourth-order valence-electron chi connectivity index (χ4n) is 14.8. The van der Waals surface area contributed by atoms with Crippen LogP contribution in [-0.4, -0.2) is 193 Å². The Kier molecular flexibility index (Phi) is 40.0. The first kappa shape index (κ1) is 101. The van der Waals surface area contributed by atoms with Gasteiger partial charge in [0, 0.05) is 87.9 Å². The van der Waals surface area contributed by atoms with Gasteiger partial charge in [-0.1, -0.05) is 44.0 Å². The lowest BCUT2D eigenvalue weighted by Gasteiger charge is -2.24. The van der Waals surface area contributed by atoms with E-state index in [2.05, 4.69) is 101 Å². The van der Waals surface area contributed by atoms with E-state index in [1.807, 2.05) is 48.5 Å². The number of hydrogen-bond donors (Lipinski definition) is 3. The summed E-state index contributed by atoms with van der Waals surface area (Å²) in [6, 6.07) is 23.1. The summed E-state index contributed by atoms with van der Waals surface area (Å²) in [6.07, 6.45) is 0. The Bertz CT molecular complexity index is 4620. The van der Waals surface area contributed by atoms with Gasteiger partial charge in [0.15, 0.2) is 92.0 Å². The van der Waals surface area contributed by atoms with Crippen molar-refractivity contribution in [2.75, 3.05) is 178 Å². The van der Waals surface area contributed by atoms with Crippen LogP contribution in [-0.2, 0) is 56.6 Å². The molecule has 9 aromatic rings. The number of methoxy groups -OCH3 is 25. The molecule has 0 aromatic heterocycles. The van der Waals surface area contributed by atoms with Crippen LogP contribution in [0.25, 0.3) is 44.5 Å². The summed E-state index contributed by atoms with van der Waals surface area (Å²) in [7, 11) is 39.5. The summed E-state index contributed by atoms with van der Waals surface area (Å²) >= 11 is 16.7. The number of aliphatic hydroxyl groups is 2. The van der Waals surface area contributed by atoms with Gasteiger partial charge in [0.1, 0.15) is 9.78 Å². The number of nitrogens with zero attached hydrogens (tertiary/aromatic N) is 1. The van der Waals surface area contributed by atoms with Gasteiger partial charge in [0.2, 0.25) is 46.0 Å².